The highest BCUT2D eigenvalue weighted by atomic mass is 16.6. The normalized spacial score (nSPS) is 12.8. The molecule has 1 aromatic heterocycles. The van der Waals surface area contributed by atoms with E-state index in [4.69, 9.17) is 5.11 Å². The Bertz CT molecular complexity index is 515. The van der Waals surface area contributed by atoms with Gasteiger partial charge < -0.3 is 20.5 Å². The lowest BCUT2D eigenvalue weighted by atomic mass is 9.86. The highest BCUT2D eigenvalue weighted by Gasteiger charge is 2.33. The van der Waals surface area contributed by atoms with Gasteiger partial charge in [-0.25, -0.2) is 9.78 Å². The molecule has 0 fully saturated rings. The predicted octanol–water partition coefficient (Wildman–Crippen LogP) is 1.15. The highest BCUT2D eigenvalue weighted by molar-refractivity contribution is 5.95. The monoisotopic (exact) mass is 269 g/mol. The lowest BCUT2D eigenvalue weighted by Crippen LogP contribution is -2.49. The van der Waals surface area contributed by atoms with Gasteiger partial charge in [0.05, 0.1) is 0 Å². The van der Waals surface area contributed by atoms with Gasteiger partial charge in [0.15, 0.2) is 5.69 Å². The first-order chi connectivity index (χ1) is 8.62. The first-order valence-electron chi connectivity index (χ1n) is 5.50. The standard InChI is InChI=1S/C11H15N3O5/c1-11(2,3)8(10(16)17)13-9(15)6-4-5-7(12-6)14(18)19/h4-5,8,12H,1-3H3,(H,13,15)(H,16,17)/t8-/m1/s1. The molecule has 8 heteroatoms. The Balaban J connectivity index is 2.88. The van der Waals surface area contributed by atoms with Crippen molar-refractivity contribution in [1.29, 1.82) is 0 Å². The molecule has 0 saturated heterocycles. The van der Waals surface area contributed by atoms with Gasteiger partial charge >= 0.3 is 11.8 Å². The first kappa shape index (κ1) is 14.7. The SMILES string of the molecule is CC(C)(C)[C@H](NC(=O)c1ccc([N+](=O)[O-])[nH]1)C(=O)O. The molecule has 19 heavy (non-hydrogen) atoms. The Morgan fingerprint density at radius 1 is 1.42 bits per heavy atom. The number of amides is 1. The van der Waals surface area contributed by atoms with E-state index in [1.165, 1.54) is 6.07 Å². The van der Waals surface area contributed by atoms with Crippen LogP contribution >= 0.6 is 0 Å². The molecular formula is C11H15N3O5. The van der Waals surface area contributed by atoms with E-state index in [-0.39, 0.29) is 11.5 Å². The third-order valence-corrected chi connectivity index (χ3v) is 2.50. The molecule has 1 heterocycles. The van der Waals surface area contributed by atoms with Crippen LogP contribution in [0.2, 0.25) is 0 Å². The molecule has 0 saturated carbocycles. The molecule has 1 atom stereocenters. The number of nitro groups is 1. The smallest absolute Gasteiger partial charge is 0.326 e. The second-order valence-corrected chi connectivity index (χ2v) is 5.13. The molecule has 1 amide bonds. The van der Waals surface area contributed by atoms with E-state index >= 15 is 0 Å². The van der Waals surface area contributed by atoms with E-state index in [2.05, 4.69) is 10.3 Å². The molecule has 104 valence electrons. The van der Waals surface area contributed by atoms with Gasteiger partial charge in [0.2, 0.25) is 0 Å². The molecule has 1 rings (SSSR count). The predicted molar refractivity (Wildman–Crippen MR) is 65.8 cm³/mol. The molecule has 1 aromatic rings. The Morgan fingerprint density at radius 3 is 2.37 bits per heavy atom. The fraction of sp³-hybridized carbons (Fsp3) is 0.455. The van der Waals surface area contributed by atoms with Crippen molar-refractivity contribution < 1.29 is 19.6 Å². The van der Waals surface area contributed by atoms with Gasteiger partial charge in [-0.1, -0.05) is 20.8 Å². The quantitative estimate of drug-likeness (QED) is 0.558. The number of hydrogen-bond donors (Lipinski definition) is 3. The number of nitrogens with one attached hydrogen (secondary N) is 2. The van der Waals surface area contributed by atoms with Gasteiger partial charge in [-0.3, -0.25) is 4.79 Å². The number of H-pyrrole nitrogens is 1. The minimum absolute atomic E-state index is 0.0535. The summed E-state index contributed by atoms with van der Waals surface area (Å²) in [4.78, 5) is 35.0. The van der Waals surface area contributed by atoms with Gasteiger partial charge in [0.25, 0.3) is 5.91 Å². The number of rotatable bonds is 4. The van der Waals surface area contributed by atoms with Crippen LogP contribution in [0.25, 0.3) is 0 Å². The van der Waals surface area contributed by atoms with Crippen LogP contribution in [0.3, 0.4) is 0 Å². The van der Waals surface area contributed by atoms with Crippen LogP contribution in [0.5, 0.6) is 0 Å². The zero-order valence-corrected chi connectivity index (χ0v) is 10.8. The number of nitrogens with zero attached hydrogens (tertiary/aromatic N) is 1. The van der Waals surface area contributed by atoms with E-state index in [0.717, 1.165) is 6.07 Å². The van der Waals surface area contributed by atoms with E-state index < -0.39 is 28.3 Å². The Hall–Kier alpha value is -2.38. The maximum absolute atomic E-state index is 11.8. The van der Waals surface area contributed by atoms with E-state index in [0.29, 0.717) is 0 Å². The molecule has 0 unspecified atom stereocenters. The van der Waals surface area contributed by atoms with Gasteiger partial charge in [0, 0.05) is 6.07 Å². The third-order valence-electron chi connectivity index (χ3n) is 2.50. The maximum Gasteiger partial charge on any atom is 0.326 e. The summed E-state index contributed by atoms with van der Waals surface area (Å²) in [5.74, 6) is -2.19. The van der Waals surface area contributed by atoms with Crippen molar-refractivity contribution in [3.8, 4) is 0 Å². The average Bonchev–Trinajstić information content (AvgIpc) is 2.72. The zero-order valence-electron chi connectivity index (χ0n) is 10.8. The largest absolute Gasteiger partial charge is 0.480 e. The number of carboxylic acids is 1. The van der Waals surface area contributed by atoms with Crippen LogP contribution in [0.1, 0.15) is 31.3 Å². The number of carbonyl (C=O) groups excluding carboxylic acids is 1. The van der Waals surface area contributed by atoms with Gasteiger partial charge in [-0.05, 0) is 16.4 Å². The maximum atomic E-state index is 11.8. The van der Waals surface area contributed by atoms with Crippen molar-refractivity contribution in [2.24, 2.45) is 5.41 Å². The summed E-state index contributed by atoms with van der Waals surface area (Å²) in [6.45, 7) is 5.01. The summed E-state index contributed by atoms with van der Waals surface area (Å²) in [6.07, 6.45) is 0. The van der Waals surface area contributed by atoms with Crippen molar-refractivity contribution in [2.75, 3.05) is 0 Å². The number of carboxylic acid groups (broad SMARTS) is 1. The minimum atomic E-state index is -1.16. The topological polar surface area (TPSA) is 125 Å². The van der Waals surface area contributed by atoms with Crippen LogP contribution in [0, 0.1) is 15.5 Å². The number of carbonyl (C=O) groups is 2. The second-order valence-electron chi connectivity index (χ2n) is 5.13. The lowest BCUT2D eigenvalue weighted by molar-refractivity contribution is -0.389. The molecule has 0 spiro atoms. The molecular weight excluding hydrogens is 254 g/mol. The summed E-state index contributed by atoms with van der Waals surface area (Å²) >= 11 is 0. The van der Waals surface area contributed by atoms with E-state index in [1.54, 1.807) is 20.8 Å². The van der Waals surface area contributed by atoms with Gasteiger partial charge in [-0.2, -0.15) is 0 Å². The van der Waals surface area contributed by atoms with Crippen LogP contribution in [-0.2, 0) is 4.79 Å². The van der Waals surface area contributed by atoms with Gasteiger partial charge in [0.1, 0.15) is 6.04 Å². The fourth-order valence-electron chi connectivity index (χ4n) is 1.48. The second kappa shape index (κ2) is 5.09. The van der Waals surface area contributed by atoms with Crippen molar-refractivity contribution >= 4 is 17.7 Å². The van der Waals surface area contributed by atoms with Crippen LogP contribution in [-0.4, -0.2) is 32.9 Å². The van der Waals surface area contributed by atoms with Crippen LogP contribution in [0.15, 0.2) is 12.1 Å². The molecule has 0 bridgehead atoms. The summed E-state index contributed by atoms with van der Waals surface area (Å²) in [5, 5.41) is 21.9. The zero-order chi connectivity index (χ0) is 14.8. The van der Waals surface area contributed by atoms with E-state index in [9.17, 15) is 19.7 Å². The number of aliphatic carboxylic acids is 1. The molecule has 0 aliphatic heterocycles. The average molecular weight is 269 g/mol. The molecule has 0 aromatic carbocycles. The fourth-order valence-corrected chi connectivity index (χ4v) is 1.48. The van der Waals surface area contributed by atoms with Crippen molar-refractivity contribution in [2.45, 2.75) is 26.8 Å². The number of aromatic amines is 1. The summed E-state index contributed by atoms with van der Waals surface area (Å²) in [7, 11) is 0. The third kappa shape index (κ3) is 3.54. The van der Waals surface area contributed by atoms with Crippen molar-refractivity contribution in [3.63, 3.8) is 0 Å². The molecule has 0 radical (unpaired) electrons. The Labute approximate surface area is 109 Å². The number of aromatic nitrogens is 1. The molecule has 8 nitrogen and oxygen atoms in total. The van der Waals surface area contributed by atoms with Crippen molar-refractivity contribution in [3.05, 3.63) is 27.9 Å². The van der Waals surface area contributed by atoms with Crippen LogP contribution in [0.4, 0.5) is 5.82 Å². The Morgan fingerprint density at radius 2 is 2.00 bits per heavy atom. The lowest BCUT2D eigenvalue weighted by Gasteiger charge is -2.27. The summed E-state index contributed by atoms with van der Waals surface area (Å²) in [6, 6.07) is 1.28. The molecule has 3 N–H and O–H groups in total. The number of hydrogen-bond acceptors (Lipinski definition) is 4. The Kier molecular flexibility index (Phi) is 3.93. The first-order valence-corrected chi connectivity index (χ1v) is 5.50. The van der Waals surface area contributed by atoms with E-state index in [1.807, 2.05) is 0 Å². The highest BCUT2D eigenvalue weighted by Crippen LogP contribution is 2.20. The van der Waals surface area contributed by atoms with Gasteiger partial charge in [-0.15, -0.1) is 0 Å². The van der Waals surface area contributed by atoms with Crippen LogP contribution < -0.4 is 5.32 Å². The molecule has 0 aliphatic rings. The molecule has 0 aliphatic carbocycles. The minimum Gasteiger partial charge on any atom is -0.480 e. The summed E-state index contributed by atoms with van der Waals surface area (Å²) in [5.41, 5.74) is -0.734. The summed E-state index contributed by atoms with van der Waals surface area (Å²) < 4.78 is 0. The van der Waals surface area contributed by atoms with Crippen molar-refractivity contribution in [1.82, 2.24) is 10.3 Å².